The van der Waals surface area contributed by atoms with E-state index in [1.807, 2.05) is 0 Å². The van der Waals surface area contributed by atoms with E-state index < -0.39 is 43.3 Å². The van der Waals surface area contributed by atoms with Gasteiger partial charge in [0.25, 0.3) is 12.1 Å². The average Bonchev–Trinajstić information content (AvgIpc) is 2.74. The van der Waals surface area contributed by atoms with Gasteiger partial charge in [0.1, 0.15) is 13.2 Å². The third-order valence-electron chi connectivity index (χ3n) is 3.82. The lowest BCUT2D eigenvalue weighted by Crippen LogP contribution is -2.65. The molecule has 1 heterocycles. The van der Waals surface area contributed by atoms with Crippen molar-refractivity contribution in [1.82, 2.24) is 4.90 Å². The number of likely N-dealkylation sites (tertiary alicyclic amines) is 1. The fraction of sp³-hybridized carbons (Fsp3) is 1.00. The first-order chi connectivity index (χ1) is 11.2. The van der Waals surface area contributed by atoms with E-state index in [0.717, 1.165) is 0 Å². The summed E-state index contributed by atoms with van der Waals surface area (Å²) in [6.45, 7) is -4.51. The Morgan fingerprint density at radius 2 is 1.32 bits per heavy atom. The van der Waals surface area contributed by atoms with E-state index in [1.165, 1.54) is 0 Å². The van der Waals surface area contributed by atoms with Crippen LogP contribution in [0.2, 0.25) is 0 Å². The zero-order valence-corrected chi connectivity index (χ0v) is 13.1. The summed E-state index contributed by atoms with van der Waals surface area (Å²) < 4.78 is 120. The van der Waals surface area contributed by atoms with Crippen LogP contribution in [-0.2, 0) is 4.74 Å². The topological polar surface area (TPSA) is 38.5 Å². The second-order valence-electron chi connectivity index (χ2n) is 5.94. The van der Waals surface area contributed by atoms with E-state index >= 15 is 0 Å². The highest BCUT2D eigenvalue weighted by molar-refractivity contribution is 4.90. The minimum Gasteiger partial charge on any atom is -0.369 e. The van der Waals surface area contributed by atoms with E-state index in [4.69, 9.17) is 5.73 Å². The Labute approximate surface area is 138 Å². The maximum absolute atomic E-state index is 14.3. The fourth-order valence-corrected chi connectivity index (χ4v) is 2.36. The predicted molar refractivity (Wildman–Crippen MR) is 69.7 cm³/mol. The summed E-state index contributed by atoms with van der Waals surface area (Å²) in [6, 6.07) is 0. The van der Waals surface area contributed by atoms with Crippen molar-refractivity contribution in [2.45, 2.75) is 55.8 Å². The van der Waals surface area contributed by atoms with Crippen LogP contribution < -0.4 is 5.73 Å². The molecule has 1 aliphatic heterocycles. The molecule has 150 valence electrons. The van der Waals surface area contributed by atoms with Crippen LogP contribution in [0.1, 0.15) is 25.7 Å². The van der Waals surface area contributed by atoms with Crippen LogP contribution in [0.3, 0.4) is 0 Å². The highest BCUT2D eigenvalue weighted by atomic mass is 19.4. The average molecular weight is 390 g/mol. The molecule has 0 amide bonds. The van der Waals surface area contributed by atoms with Crippen LogP contribution in [0.5, 0.6) is 0 Å². The normalized spacial score (nSPS) is 22.3. The van der Waals surface area contributed by atoms with E-state index in [2.05, 4.69) is 4.74 Å². The molecule has 1 rings (SSSR count). The van der Waals surface area contributed by atoms with Gasteiger partial charge in [0.05, 0.1) is 0 Å². The Bertz CT molecular complexity index is 420. The highest BCUT2D eigenvalue weighted by Crippen LogP contribution is 2.37. The molecule has 0 aromatic carbocycles. The number of hydrogen-bond acceptors (Lipinski definition) is 3. The SMILES string of the molecule is NC(F)(N1CCCCCC1)C(F)(F)COCC(F)(F)C(F)C(F)(F)F. The summed E-state index contributed by atoms with van der Waals surface area (Å²) in [5.74, 6) is -13.3. The van der Waals surface area contributed by atoms with Crippen molar-refractivity contribution in [1.29, 1.82) is 0 Å². The zero-order chi connectivity index (χ0) is 19.5. The molecule has 0 aromatic rings. The van der Waals surface area contributed by atoms with Gasteiger partial charge in [-0.2, -0.15) is 22.0 Å². The summed E-state index contributed by atoms with van der Waals surface area (Å²) in [7, 11) is 0. The Hall–Kier alpha value is -0.750. The summed E-state index contributed by atoms with van der Waals surface area (Å²) in [6.07, 6.45) is -8.34. The van der Waals surface area contributed by atoms with E-state index in [9.17, 15) is 39.5 Å². The van der Waals surface area contributed by atoms with Crippen LogP contribution in [0.25, 0.3) is 0 Å². The van der Waals surface area contributed by atoms with Crippen LogP contribution in [-0.4, -0.2) is 61.3 Å². The largest absolute Gasteiger partial charge is 0.425 e. The van der Waals surface area contributed by atoms with Crippen molar-refractivity contribution in [2.24, 2.45) is 5.73 Å². The minimum atomic E-state index is -5.89. The number of halogens is 9. The van der Waals surface area contributed by atoms with Crippen LogP contribution in [0.4, 0.5) is 39.5 Å². The molecule has 3 nitrogen and oxygen atoms in total. The highest BCUT2D eigenvalue weighted by Gasteiger charge is 2.59. The summed E-state index contributed by atoms with van der Waals surface area (Å²) in [5, 5.41) is 0. The quantitative estimate of drug-likeness (QED) is 0.533. The molecule has 2 N–H and O–H groups in total. The molecule has 2 unspecified atom stereocenters. The molecule has 2 atom stereocenters. The van der Waals surface area contributed by atoms with Gasteiger partial charge < -0.3 is 4.74 Å². The van der Waals surface area contributed by atoms with E-state index in [-0.39, 0.29) is 13.1 Å². The molecule has 25 heavy (non-hydrogen) atoms. The van der Waals surface area contributed by atoms with Crippen LogP contribution in [0, 0.1) is 0 Å². The van der Waals surface area contributed by atoms with Gasteiger partial charge in [0.15, 0.2) is 0 Å². The Kier molecular flexibility index (Phi) is 7.01. The van der Waals surface area contributed by atoms with Gasteiger partial charge in [-0.15, -0.1) is 0 Å². The van der Waals surface area contributed by atoms with Gasteiger partial charge in [-0.1, -0.05) is 12.8 Å². The minimum absolute atomic E-state index is 0.0978. The first kappa shape index (κ1) is 22.3. The first-order valence-electron chi connectivity index (χ1n) is 7.49. The van der Waals surface area contributed by atoms with Crippen molar-refractivity contribution in [3.05, 3.63) is 0 Å². The van der Waals surface area contributed by atoms with Gasteiger partial charge in [0, 0.05) is 13.1 Å². The molecule has 0 spiro atoms. The molecule has 0 saturated carbocycles. The molecule has 12 heteroatoms. The molecular formula is C13H19F9N2O. The van der Waals surface area contributed by atoms with Crippen molar-refractivity contribution < 1.29 is 44.3 Å². The fourth-order valence-electron chi connectivity index (χ4n) is 2.36. The second kappa shape index (κ2) is 7.87. The predicted octanol–water partition coefficient (Wildman–Crippen LogP) is 3.63. The Morgan fingerprint density at radius 3 is 1.76 bits per heavy atom. The molecule has 1 fully saturated rings. The van der Waals surface area contributed by atoms with E-state index in [0.29, 0.717) is 30.6 Å². The number of hydrogen-bond donors (Lipinski definition) is 1. The second-order valence-corrected chi connectivity index (χ2v) is 5.94. The monoisotopic (exact) mass is 390 g/mol. The van der Waals surface area contributed by atoms with Gasteiger partial charge in [-0.3, -0.25) is 10.6 Å². The molecule has 0 aromatic heterocycles. The van der Waals surface area contributed by atoms with Gasteiger partial charge in [0.2, 0.25) is 0 Å². The molecular weight excluding hydrogens is 371 g/mol. The van der Waals surface area contributed by atoms with E-state index in [1.54, 1.807) is 0 Å². The number of ether oxygens (including phenoxy) is 1. The van der Waals surface area contributed by atoms with Crippen molar-refractivity contribution in [3.8, 4) is 0 Å². The lowest BCUT2D eigenvalue weighted by Gasteiger charge is -2.38. The summed E-state index contributed by atoms with van der Waals surface area (Å²) >= 11 is 0. The molecule has 1 aliphatic rings. The first-order valence-corrected chi connectivity index (χ1v) is 7.49. The lowest BCUT2D eigenvalue weighted by atomic mass is 10.2. The molecule has 0 bridgehead atoms. The maximum atomic E-state index is 14.3. The molecule has 1 saturated heterocycles. The number of alkyl halides is 9. The number of rotatable bonds is 7. The summed E-state index contributed by atoms with van der Waals surface area (Å²) in [4.78, 5) is 0.634. The Balaban J connectivity index is 2.67. The van der Waals surface area contributed by atoms with Crippen molar-refractivity contribution in [2.75, 3.05) is 26.3 Å². The number of nitrogens with zero attached hydrogens (tertiary/aromatic N) is 1. The standard InChI is InChI=1S/C13H19F9N2O/c14-9(12(19,20)21)10(15,16)7-25-8-11(17,18)13(22,23)24-5-3-1-2-4-6-24/h9H,1-8,23H2. The lowest BCUT2D eigenvalue weighted by molar-refractivity contribution is -0.270. The third-order valence-corrected chi connectivity index (χ3v) is 3.82. The van der Waals surface area contributed by atoms with Crippen molar-refractivity contribution >= 4 is 0 Å². The Morgan fingerprint density at radius 1 is 0.840 bits per heavy atom. The van der Waals surface area contributed by atoms with Gasteiger partial charge >= 0.3 is 18.0 Å². The molecule has 0 aliphatic carbocycles. The smallest absolute Gasteiger partial charge is 0.369 e. The third kappa shape index (κ3) is 5.61. The number of nitrogens with two attached hydrogens (primary N) is 1. The molecule has 0 radical (unpaired) electrons. The summed E-state index contributed by atoms with van der Waals surface area (Å²) in [5.41, 5.74) is 5.01. The zero-order valence-electron chi connectivity index (χ0n) is 13.1. The van der Waals surface area contributed by atoms with Gasteiger partial charge in [-0.25, -0.2) is 17.6 Å². The van der Waals surface area contributed by atoms with Crippen LogP contribution in [0.15, 0.2) is 0 Å². The maximum Gasteiger partial charge on any atom is 0.425 e. The van der Waals surface area contributed by atoms with Gasteiger partial charge in [-0.05, 0) is 12.8 Å². The van der Waals surface area contributed by atoms with Crippen molar-refractivity contribution in [3.63, 3.8) is 0 Å². The van der Waals surface area contributed by atoms with Crippen LogP contribution >= 0.6 is 0 Å².